The standard InChI is InChI=1S/C12H23N3O2/c1-12(2,11(13)17)8-15-10(16)9-6-4-3-5-7-14-9/h9,14H,3-8H2,1-2H3,(H2,13,17)(H,15,16). The fourth-order valence-electron chi connectivity index (χ4n) is 1.77. The van der Waals surface area contributed by atoms with Crippen molar-refractivity contribution in [3.8, 4) is 0 Å². The Balaban J connectivity index is 2.40. The summed E-state index contributed by atoms with van der Waals surface area (Å²) in [6.45, 7) is 4.64. The molecular weight excluding hydrogens is 218 g/mol. The lowest BCUT2D eigenvalue weighted by Gasteiger charge is -2.23. The normalized spacial score (nSPS) is 21.6. The lowest BCUT2D eigenvalue weighted by molar-refractivity contribution is -0.127. The molecule has 0 aromatic rings. The first kappa shape index (κ1) is 14.0. The second kappa shape index (κ2) is 6.00. The number of nitrogens with two attached hydrogens (primary N) is 1. The van der Waals surface area contributed by atoms with Crippen LogP contribution in [0.2, 0.25) is 0 Å². The average molecular weight is 241 g/mol. The van der Waals surface area contributed by atoms with E-state index in [2.05, 4.69) is 10.6 Å². The minimum absolute atomic E-state index is 0.0266. The third-order valence-corrected chi connectivity index (χ3v) is 3.25. The number of nitrogens with one attached hydrogen (secondary N) is 2. The van der Waals surface area contributed by atoms with Gasteiger partial charge in [0.2, 0.25) is 11.8 Å². The molecule has 98 valence electrons. The van der Waals surface area contributed by atoms with Crippen LogP contribution in [-0.2, 0) is 9.59 Å². The molecule has 0 radical (unpaired) electrons. The van der Waals surface area contributed by atoms with Gasteiger partial charge in [0.15, 0.2) is 0 Å². The van der Waals surface area contributed by atoms with E-state index in [0.29, 0.717) is 6.54 Å². The van der Waals surface area contributed by atoms with E-state index >= 15 is 0 Å². The number of amides is 2. The molecule has 1 rings (SSSR count). The fraction of sp³-hybridized carbons (Fsp3) is 0.833. The third-order valence-electron chi connectivity index (χ3n) is 3.25. The van der Waals surface area contributed by atoms with Crippen molar-refractivity contribution >= 4 is 11.8 Å². The van der Waals surface area contributed by atoms with Gasteiger partial charge in [-0.1, -0.05) is 12.8 Å². The van der Waals surface area contributed by atoms with Crippen LogP contribution in [0.4, 0.5) is 0 Å². The fourth-order valence-corrected chi connectivity index (χ4v) is 1.77. The first-order valence-electron chi connectivity index (χ1n) is 6.24. The van der Waals surface area contributed by atoms with E-state index in [1.54, 1.807) is 13.8 Å². The molecular formula is C12H23N3O2. The van der Waals surface area contributed by atoms with Crippen LogP contribution in [0.25, 0.3) is 0 Å². The molecule has 0 aliphatic carbocycles. The Morgan fingerprint density at radius 1 is 1.35 bits per heavy atom. The van der Waals surface area contributed by atoms with Gasteiger partial charge in [0.05, 0.1) is 11.5 Å². The highest BCUT2D eigenvalue weighted by Crippen LogP contribution is 2.13. The van der Waals surface area contributed by atoms with Crippen molar-refractivity contribution in [1.29, 1.82) is 0 Å². The molecule has 1 heterocycles. The van der Waals surface area contributed by atoms with E-state index in [-0.39, 0.29) is 11.9 Å². The zero-order chi connectivity index (χ0) is 12.9. The Morgan fingerprint density at radius 2 is 2.06 bits per heavy atom. The number of carbonyl (C=O) groups excluding carboxylic acids is 2. The Morgan fingerprint density at radius 3 is 2.71 bits per heavy atom. The van der Waals surface area contributed by atoms with Crippen LogP contribution in [0.15, 0.2) is 0 Å². The predicted molar refractivity (Wildman–Crippen MR) is 66.2 cm³/mol. The summed E-state index contributed by atoms with van der Waals surface area (Å²) in [4.78, 5) is 23.0. The Bertz CT molecular complexity index is 281. The monoisotopic (exact) mass is 241 g/mol. The highest BCUT2D eigenvalue weighted by atomic mass is 16.2. The van der Waals surface area contributed by atoms with Crippen molar-refractivity contribution in [1.82, 2.24) is 10.6 Å². The van der Waals surface area contributed by atoms with E-state index in [1.807, 2.05) is 0 Å². The topological polar surface area (TPSA) is 84.2 Å². The molecule has 1 saturated heterocycles. The molecule has 4 N–H and O–H groups in total. The molecule has 1 fully saturated rings. The number of hydrogen-bond acceptors (Lipinski definition) is 3. The maximum absolute atomic E-state index is 11.9. The largest absolute Gasteiger partial charge is 0.369 e. The van der Waals surface area contributed by atoms with Crippen LogP contribution in [0, 0.1) is 5.41 Å². The molecule has 5 heteroatoms. The van der Waals surface area contributed by atoms with Crippen LogP contribution in [0.1, 0.15) is 39.5 Å². The molecule has 0 bridgehead atoms. The molecule has 1 aliphatic heterocycles. The molecule has 1 atom stereocenters. The highest BCUT2D eigenvalue weighted by molar-refractivity contribution is 5.84. The number of primary amides is 1. The zero-order valence-electron chi connectivity index (χ0n) is 10.7. The van der Waals surface area contributed by atoms with Gasteiger partial charge in [0.25, 0.3) is 0 Å². The second-order valence-electron chi connectivity index (χ2n) is 5.32. The van der Waals surface area contributed by atoms with Gasteiger partial charge in [-0.25, -0.2) is 0 Å². The van der Waals surface area contributed by atoms with E-state index in [9.17, 15) is 9.59 Å². The van der Waals surface area contributed by atoms with Crippen molar-refractivity contribution in [2.24, 2.45) is 11.1 Å². The molecule has 0 spiro atoms. The molecule has 0 aromatic carbocycles. The summed E-state index contributed by atoms with van der Waals surface area (Å²) in [5.74, 6) is -0.423. The summed E-state index contributed by atoms with van der Waals surface area (Å²) in [5.41, 5.74) is 4.56. The highest BCUT2D eigenvalue weighted by Gasteiger charge is 2.27. The van der Waals surface area contributed by atoms with Gasteiger partial charge in [0, 0.05) is 6.54 Å². The Kier molecular flexibility index (Phi) is 4.93. The lowest BCUT2D eigenvalue weighted by Crippen LogP contribution is -2.48. The van der Waals surface area contributed by atoms with Crippen LogP contribution >= 0.6 is 0 Å². The van der Waals surface area contributed by atoms with Gasteiger partial charge < -0.3 is 16.4 Å². The van der Waals surface area contributed by atoms with Crippen LogP contribution in [0.5, 0.6) is 0 Å². The summed E-state index contributed by atoms with van der Waals surface area (Å²) >= 11 is 0. The summed E-state index contributed by atoms with van der Waals surface area (Å²) < 4.78 is 0. The minimum Gasteiger partial charge on any atom is -0.369 e. The van der Waals surface area contributed by atoms with Gasteiger partial charge in [-0.3, -0.25) is 9.59 Å². The van der Waals surface area contributed by atoms with Crippen LogP contribution in [-0.4, -0.2) is 30.9 Å². The van der Waals surface area contributed by atoms with Gasteiger partial charge in [-0.2, -0.15) is 0 Å². The van der Waals surface area contributed by atoms with Crippen LogP contribution < -0.4 is 16.4 Å². The maximum atomic E-state index is 11.9. The van der Waals surface area contributed by atoms with Crippen molar-refractivity contribution in [3.63, 3.8) is 0 Å². The van der Waals surface area contributed by atoms with E-state index < -0.39 is 11.3 Å². The molecule has 0 aromatic heterocycles. The van der Waals surface area contributed by atoms with Gasteiger partial charge in [0.1, 0.15) is 0 Å². The number of hydrogen-bond donors (Lipinski definition) is 3. The summed E-state index contributed by atoms with van der Waals surface area (Å²) in [5, 5.41) is 6.02. The summed E-state index contributed by atoms with van der Waals surface area (Å²) in [6.07, 6.45) is 4.23. The zero-order valence-corrected chi connectivity index (χ0v) is 10.7. The van der Waals surface area contributed by atoms with Crippen LogP contribution in [0.3, 0.4) is 0 Å². The molecule has 1 unspecified atom stereocenters. The van der Waals surface area contributed by atoms with Crippen molar-refractivity contribution in [2.75, 3.05) is 13.1 Å². The predicted octanol–water partition coefficient (Wildman–Crippen LogP) is 0.146. The summed E-state index contributed by atoms with van der Waals surface area (Å²) in [6, 6.07) is -0.124. The van der Waals surface area contributed by atoms with Gasteiger partial charge >= 0.3 is 0 Å². The maximum Gasteiger partial charge on any atom is 0.237 e. The lowest BCUT2D eigenvalue weighted by atomic mass is 9.92. The first-order valence-corrected chi connectivity index (χ1v) is 6.24. The van der Waals surface area contributed by atoms with E-state index in [1.165, 1.54) is 6.42 Å². The number of carbonyl (C=O) groups is 2. The molecule has 17 heavy (non-hydrogen) atoms. The van der Waals surface area contributed by atoms with Crippen molar-refractivity contribution in [2.45, 2.75) is 45.6 Å². The minimum atomic E-state index is -0.694. The average Bonchev–Trinajstić information content (AvgIpc) is 2.54. The van der Waals surface area contributed by atoms with Gasteiger partial charge in [-0.15, -0.1) is 0 Å². The smallest absolute Gasteiger partial charge is 0.237 e. The second-order valence-corrected chi connectivity index (χ2v) is 5.32. The molecule has 1 aliphatic rings. The van der Waals surface area contributed by atoms with E-state index in [0.717, 1.165) is 25.8 Å². The molecule has 0 saturated carbocycles. The van der Waals surface area contributed by atoms with E-state index in [4.69, 9.17) is 5.73 Å². The number of rotatable bonds is 4. The van der Waals surface area contributed by atoms with Crippen molar-refractivity contribution < 1.29 is 9.59 Å². The third kappa shape index (κ3) is 4.34. The molecule has 2 amide bonds. The SMILES string of the molecule is CC(C)(CNC(=O)C1CCCCCN1)C(N)=O. The molecule has 5 nitrogen and oxygen atoms in total. The first-order chi connectivity index (χ1) is 7.93. The summed E-state index contributed by atoms with van der Waals surface area (Å²) in [7, 11) is 0. The van der Waals surface area contributed by atoms with Crippen molar-refractivity contribution in [3.05, 3.63) is 0 Å². The Labute approximate surface area is 103 Å². The Hall–Kier alpha value is -1.10. The van der Waals surface area contributed by atoms with Gasteiger partial charge in [-0.05, 0) is 33.2 Å². The quantitative estimate of drug-likeness (QED) is 0.655.